The van der Waals surface area contributed by atoms with Crippen LogP contribution >= 0.6 is 0 Å². The molecule has 0 spiro atoms. The molecular formula is C25H24O3. The molecule has 6 fully saturated rings. The van der Waals surface area contributed by atoms with Crippen LogP contribution in [0.1, 0.15) is 11.1 Å². The molecule has 0 N–H and O–H groups in total. The SMILES string of the molecule is O=C1C2C3C(OCc4ccccc4)C4C5C(OCc6ccccc6)C(C1C35)C24. The summed E-state index contributed by atoms with van der Waals surface area (Å²) in [6.45, 7) is 1.33. The van der Waals surface area contributed by atoms with Crippen LogP contribution in [0.4, 0.5) is 0 Å². The first-order chi connectivity index (χ1) is 13.8. The van der Waals surface area contributed by atoms with E-state index in [1.807, 2.05) is 12.1 Å². The summed E-state index contributed by atoms with van der Waals surface area (Å²) in [7, 11) is 0. The Bertz CT molecular complexity index is 850. The van der Waals surface area contributed by atoms with Gasteiger partial charge in [0.25, 0.3) is 0 Å². The van der Waals surface area contributed by atoms with Gasteiger partial charge in [0.2, 0.25) is 0 Å². The molecular weight excluding hydrogens is 348 g/mol. The highest BCUT2D eigenvalue weighted by Crippen LogP contribution is 2.82. The number of Topliss-reactive ketones (excluding diaryl/α,β-unsaturated/α-hetero) is 1. The van der Waals surface area contributed by atoms with Gasteiger partial charge in [-0.15, -0.1) is 0 Å². The minimum atomic E-state index is 0.259. The van der Waals surface area contributed by atoms with Gasteiger partial charge >= 0.3 is 0 Å². The van der Waals surface area contributed by atoms with Gasteiger partial charge in [0.15, 0.2) is 0 Å². The predicted molar refractivity (Wildman–Crippen MR) is 103 cm³/mol. The van der Waals surface area contributed by atoms with Crippen molar-refractivity contribution in [2.45, 2.75) is 25.4 Å². The second-order valence-corrected chi connectivity index (χ2v) is 9.44. The van der Waals surface area contributed by atoms with Crippen LogP contribution in [0, 0.1) is 47.3 Å². The molecule has 10 atom stereocenters. The highest BCUT2D eigenvalue weighted by Gasteiger charge is 2.87. The lowest BCUT2D eigenvalue weighted by Gasteiger charge is -2.30. The van der Waals surface area contributed by atoms with Gasteiger partial charge in [-0.3, -0.25) is 4.79 Å². The van der Waals surface area contributed by atoms with Crippen LogP contribution in [0.2, 0.25) is 0 Å². The van der Waals surface area contributed by atoms with Crippen LogP contribution in [0.25, 0.3) is 0 Å². The molecule has 0 saturated heterocycles. The Morgan fingerprint density at radius 1 is 0.571 bits per heavy atom. The summed E-state index contributed by atoms with van der Waals surface area (Å²) >= 11 is 0. The fourth-order valence-corrected chi connectivity index (χ4v) is 8.17. The predicted octanol–water partition coefficient (Wildman–Crippen LogP) is 3.72. The first-order valence-corrected chi connectivity index (χ1v) is 10.7. The molecule has 0 aliphatic heterocycles. The molecule has 0 radical (unpaired) electrons. The zero-order chi connectivity index (χ0) is 18.4. The van der Waals surface area contributed by atoms with Gasteiger partial charge in [-0.2, -0.15) is 0 Å². The van der Waals surface area contributed by atoms with Crippen molar-refractivity contribution in [1.29, 1.82) is 0 Å². The zero-order valence-corrected chi connectivity index (χ0v) is 15.7. The largest absolute Gasteiger partial charge is 0.373 e. The minimum Gasteiger partial charge on any atom is -0.373 e. The fraction of sp³-hybridized carbons (Fsp3) is 0.480. The smallest absolute Gasteiger partial charge is 0.140 e. The number of ether oxygens (including phenoxy) is 2. The summed E-state index contributed by atoms with van der Waals surface area (Å²) in [6.07, 6.45) is 0.518. The highest BCUT2D eigenvalue weighted by molar-refractivity contribution is 5.92. The standard InChI is InChI=1S/C25H24O3/c26-23-17-16-20-18(23)15-19(17)24(27-11-13-7-3-1-4-8-13)21(16)22(15)25(20)28-12-14-9-5-2-6-10-14/h1-10,15-22,24-25H,11-12H2. The van der Waals surface area contributed by atoms with Crippen molar-refractivity contribution in [3.8, 4) is 0 Å². The fourth-order valence-electron chi connectivity index (χ4n) is 8.17. The van der Waals surface area contributed by atoms with Crippen molar-refractivity contribution in [2.24, 2.45) is 47.3 Å². The van der Waals surface area contributed by atoms with E-state index in [0.717, 1.165) is 0 Å². The van der Waals surface area contributed by atoms with Crippen molar-refractivity contribution in [3.63, 3.8) is 0 Å². The van der Waals surface area contributed by atoms with Gasteiger partial charge in [-0.05, 0) is 46.6 Å². The summed E-state index contributed by atoms with van der Waals surface area (Å²) in [5, 5.41) is 0. The van der Waals surface area contributed by atoms with E-state index in [-0.39, 0.29) is 24.0 Å². The molecule has 6 saturated carbocycles. The van der Waals surface area contributed by atoms with Crippen molar-refractivity contribution in [1.82, 2.24) is 0 Å². The second kappa shape index (κ2) is 5.55. The molecule has 3 nitrogen and oxygen atoms in total. The first-order valence-electron chi connectivity index (χ1n) is 10.7. The van der Waals surface area contributed by atoms with Crippen molar-refractivity contribution in [2.75, 3.05) is 0 Å². The molecule has 3 heteroatoms. The second-order valence-electron chi connectivity index (χ2n) is 9.44. The Kier molecular flexibility index (Phi) is 3.15. The quantitative estimate of drug-likeness (QED) is 0.775. The molecule has 6 aliphatic carbocycles. The van der Waals surface area contributed by atoms with Crippen LogP contribution in [-0.2, 0) is 27.5 Å². The summed E-state index contributed by atoms with van der Waals surface area (Å²) in [5.74, 6) is 4.15. The number of ketones is 1. The Hall–Kier alpha value is -1.97. The molecule has 142 valence electrons. The third-order valence-corrected chi connectivity index (χ3v) is 8.63. The maximum atomic E-state index is 13.0. The van der Waals surface area contributed by atoms with E-state index in [4.69, 9.17) is 9.47 Å². The number of carbonyl (C=O) groups excluding carboxylic acids is 1. The van der Waals surface area contributed by atoms with E-state index in [2.05, 4.69) is 48.5 Å². The molecule has 0 heterocycles. The van der Waals surface area contributed by atoms with E-state index in [1.165, 1.54) is 11.1 Å². The molecule has 2 aromatic carbocycles. The third kappa shape index (κ3) is 1.80. The molecule has 6 bridgehead atoms. The Morgan fingerprint density at radius 2 is 1.00 bits per heavy atom. The van der Waals surface area contributed by atoms with Crippen LogP contribution < -0.4 is 0 Å². The molecule has 2 aromatic rings. The van der Waals surface area contributed by atoms with Crippen molar-refractivity contribution in [3.05, 3.63) is 71.8 Å². The summed E-state index contributed by atoms with van der Waals surface area (Å²) in [6, 6.07) is 20.9. The third-order valence-electron chi connectivity index (χ3n) is 8.63. The van der Waals surface area contributed by atoms with Gasteiger partial charge in [0.05, 0.1) is 25.4 Å². The van der Waals surface area contributed by atoms with Crippen molar-refractivity contribution >= 4 is 5.78 Å². The molecule has 28 heavy (non-hydrogen) atoms. The number of hydrogen-bond donors (Lipinski definition) is 0. The molecule has 10 unspecified atom stereocenters. The Balaban J connectivity index is 1.14. The topological polar surface area (TPSA) is 35.5 Å². The molecule has 0 aromatic heterocycles. The van der Waals surface area contributed by atoms with Gasteiger partial charge in [0, 0.05) is 11.8 Å². The summed E-state index contributed by atoms with van der Waals surface area (Å²) in [5.41, 5.74) is 2.45. The monoisotopic (exact) mass is 372 g/mol. The number of benzene rings is 2. The van der Waals surface area contributed by atoms with Crippen LogP contribution in [0.5, 0.6) is 0 Å². The lowest BCUT2D eigenvalue weighted by molar-refractivity contribution is -0.122. The molecule has 8 rings (SSSR count). The summed E-state index contributed by atoms with van der Waals surface area (Å²) < 4.78 is 13.0. The summed E-state index contributed by atoms with van der Waals surface area (Å²) in [4.78, 5) is 13.0. The number of hydrogen-bond acceptors (Lipinski definition) is 3. The van der Waals surface area contributed by atoms with E-state index >= 15 is 0 Å². The van der Waals surface area contributed by atoms with Gasteiger partial charge in [-0.25, -0.2) is 0 Å². The maximum Gasteiger partial charge on any atom is 0.140 e. The van der Waals surface area contributed by atoms with Gasteiger partial charge < -0.3 is 9.47 Å². The number of rotatable bonds is 6. The van der Waals surface area contributed by atoms with Crippen LogP contribution in [0.15, 0.2) is 60.7 Å². The van der Waals surface area contributed by atoms with Gasteiger partial charge in [-0.1, -0.05) is 60.7 Å². The Morgan fingerprint density at radius 3 is 1.43 bits per heavy atom. The zero-order valence-electron chi connectivity index (χ0n) is 15.7. The Labute approximate surface area is 165 Å². The average Bonchev–Trinajstić information content (AvgIpc) is 3.48. The normalized spacial score (nSPS) is 45.8. The molecule has 6 aliphatic rings. The lowest BCUT2D eigenvalue weighted by Crippen LogP contribution is -2.30. The van der Waals surface area contributed by atoms with Gasteiger partial charge in [0.1, 0.15) is 5.78 Å². The van der Waals surface area contributed by atoms with E-state index in [9.17, 15) is 4.79 Å². The number of carbonyl (C=O) groups is 1. The van der Waals surface area contributed by atoms with E-state index in [0.29, 0.717) is 54.5 Å². The highest BCUT2D eigenvalue weighted by atomic mass is 16.5. The molecule has 0 amide bonds. The first kappa shape index (κ1) is 15.9. The maximum absolute atomic E-state index is 13.0. The van der Waals surface area contributed by atoms with Crippen molar-refractivity contribution < 1.29 is 14.3 Å². The average molecular weight is 372 g/mol. The minimum absolute atomic E-state index is 0.259. The van der Waals surface area contributed by atoms with E-state index < -0.39 is 0 Å². The van der Waals surface area contributed by atoms with Crippen LogP contribution in [-0.4, -0.2) is 18.0 Å². The van der Waals surface area contributed by atoms with Crippen LogP contribution in [0.3, 0.4) is 0 Å². The van der Waals surface area contributed by atoms with E-state index in [1.54, 1.807) is 0 Å². The lowest BCUT2D eigenvalue weighted by atomic mass is 9.71.